The zero-order valence-corrected chi connectivity index (χ0v) is 12.7. The van der Waals surface area contributed by atoms with Crippen molar-refractivity contribution < 1.29 is 19.4 Å². The third-order valence-electron chi connectivity index (χ3n) is 4.04. The maximum atomic E-state index is 11.1. The summed E-state index contributed by atoms with van der Waals surface area (Å²) in [5.41, 5.74) is 1.09. The lowest BCUT2D eigenvalue weighted by molar-refractivity contribution is -0.143. The molecule has 0 amide bonds. The van der Waals surface area contributed by atoms with E-state index in [1.807, 2.05) is 18.2 Å². The first-order chi connectivity index (χ1) is 10.1. The lowest BCUT2D eigenvalue weighted by Crippen LogP contribution is -2.39. The molecule has 1 fully saturated rings. The minimum Gasteiger partial charge on any atom is -0.497 e. The van der Waals surface area contributed by atoms with Gasteiger partial charge in [0.25, 0.3) is 0 Å². The summed E-state index contributed by atoms with van der Waals surface area (Å²) in [6, 6.07) is 5.77. The average molecular weight is 293 g/mol. The highest BCUT2D eigenvalue weighted by Gasteiger charge is 2.25. The summed E-state index contributed by atoms with van der Waals surface area (Å²) in [5, 5.41) is 9.13. The van der Waals surface area contributed by atoms with E-state index in [0.717, 1.165) is 49.4 Å². The molecule has 116 valence electrons. The maximum Gasteiger partial charge on any atom is 0.307 e. The van der Waals surface area contributed by atoms with Gasteiger partial charge in [-0.2, -0.15) is 0 Å². The molecule has 2 rings (SSSR count). The van der Waals surface area contributed by atoms with Crippen LogP contribution in [0.15, 0.2) is 18.2 Å². The van der Waals surface area contributed by atoms with Gasteiger partial charge in [0.2, 0.25) is 0 Å². The van der Waals surface area contributed by atoms with Crippen LogP contribution in [0.4, 0.5) is 0 Å². The van der Waals surface area contributed by atoms with E-state index in [9.17, 15) is 4.79 Å². The third kappa shape index (κ3) is 4.11. The number of methoxy groups -OCH3 is 2. The molecule has 1 aromatic rings. The van der Waals surface area contributed by atoms with Crippen LogP contribution in [0.2, 0.25) is 0 Å². The van der Waals surface area contributed by atoms with Gasteiger partial charge in [-0.15, -0.1) is 0 Å². The largest absolute Gasteiger partial charge is 0.497 e. The van der Waals surface area contributed by atoms with Crippen molar-refractivity contribution in [3.8, 4) is 11.5 Å². The topological polar surface area (TPSA) is 59.0 Å². The minimum absolute atomic E-state index is 0.231. The van der Waals surface area contributed by atoms with Crippen LogP contribution < -0.4 is 9.47 Å². The molecule has 0 saturated carbocycles. The van der Waals surface area contributed by atoms with E-state index in [-0.39, 0.29) is 5.92 Å². The summed E-state index contributed by atoms with van der Waals surface area (Å²) in [6.07, 6.45) is 2.56. The van der Waals surface area contributed by atoms with Crippen molar-refractivity contribution in [2.24, 2.45) is 5.92 Å². The molecule has 21 heavy (non-hydrogen) atoms. The zero-order valence-electron chi connectivity index (χ0n) is 12.7. The second kappa shape index (κ2) is 7.31. The monoisotopic (exact) mass is 293 g/mol. The molecule has 0 bridgehead atoms. The predicted octanol–water partition coefficient (Wildman–Crippen LogP) is 2.04. The Labute approximate surface area is 125 Å². The van der Waals surface area contributed by atoms with E-state index in [2.05, 4.69) is 4.90 Å². The van der Waals surface area contributed by atoms with Crippen LogP contribution in [0.5, 0.6) is 11.5 Å². The Hall–Kier alpha value is -1.75. The molecular formula is C16H23NO4. The Bertz CT molecular complexity index is 489. The van der Waals surface area contributed by atoms with E-state index < -0.39 is 5.97 Å². The number of carbonyl (C=O) groups is 1. The first kappa shape index (κ1) is 15.6. The molecule has 1 aliphatic rings. The molecule has 5 nitrogen and oxygen atoms in total. The first-order valence-electron chi connectivity index (χ1n) is 7.30. The molecule has 1 N–H and O–H groups in total. The molecule has 0 aliphatic carbocycles. The number of rotatable bonds is 6. The highest BCUT2D eigenvalue weighted by molar-refractivity contribution is 5.70. The fourth-order valence-corrected chi connectivity index (χ4v) is 2.82. The van der Waals surface area contributed by atoms with Gasteiger partial charge in [-0.05, 0) is 49.6 Å². The zero-order chi connectivity index (χ0) is 15.2. The fraction of sp³-hybridized carbons (Fsp3) is 0.562. The van der Waals surface area contributed by atoms with Crippen LogP contribution in [-0.2, 0) is 11.2 Å². The molecule has 1 saturated heterocycles. The van der Waals surface area contributed by atoms with Crippen molar-refractivity contribution in [3.05, 3.63) is 23.8 Å². The molecule has 0 aromatic heterocycles. The lowest BCUT2D eigenvalue weighted by Gasteiger charge is -2.30. The van der Waals surface area contributed by atoms with Crippen LogP contribution in [0.25, 0.3) is 0 Å². The normalized spacial score (nSPS) is 19.2. The number of ether oxygens (including phenoxy) is 2. The van der Waals surface area contributed by atoms with Gasteiger partial charge in [-0.1, -0.05) is 0 Å². The summed E-state index contributed by atoms with van der Waals surface area (Å²) < 4.78 is 10.6. The van der Waals surface area contributed by atoms with Gasteiger partial charge >= 0.3 is 5.97 Å². The molecule has 1 heterocycles. The number of hydrogen-bond donors (Lipinski definition) is 1. The second-order valence-electron chi connectivity index (χ2n) is 5.41. The number of aliphatic carboxylic acids is 1. The van der Waals surface area contributed by atoms with Gasteiger partial charge in [-0.25, -0.2) is 0 Å². The van der Waals surface area contributed by atoms with E-state index >= 15 is 0 Å². The number of piperidine rings is 1. The molecule has 1 unspecified atom stereocenters. The number of hydrogen-bond acceptors (Lipinski definition) is 4. The van der Waals surface area contributed by atoms with E-state index in [1.165, 1.54) is 0 Å². The van der Waals surface area contributed by atoms with Crippen molar-refractivity contribution in [2.45, 2.75) is 19.3 Å². The van der Waals surface area contributed by atoms with Crippen LogP contribution in [0.1, 0.15) is 18.4 Å². The van der Waals surface area contributed by atoms with E-state index in [0.29, 0.717) is 6.54 Å². The third-order valence-corrected chi connectivity index (χ3v) is 4.04. The Kier molecular flexibility index (Phi) is 5.44. The van der Waals surface area contributed by atoms with E-state index in [4.69, 9.17) is 14.6 Å². The maximum absolute atomic E-state index is 11.1. The van der Waals surface area contributed by atoms with Gasteiger partial charge in [0.1, 0.15) is 11.5 Å². The van der Waals surface area contributed by atoms with Crippen LogP contribution in [-0.4, -0.2) is 49.8 Å². The van der Waals surface area contributed by atoms with Gasteiger partial charge < -0.3 is 19.5 Å². The quantitative estimate of drug-likeness (QED) is 0.870. The number of carboxylic acids is 1. The van der Waals surface area contributed by atoms with Gasteiger partial charge in [0.15, 0.2) is 0 Å². The summed E-state index contributed by atoms with van der Waals surface area (Å²) in [5.74, 6) is 0.750. The second-order valence-corrected chi connectivity index (χ2v) is 5.41. The van der Waals surface area contributed by atoms with Crippen molar-refractivity contribution >= 4 is 5.97 Å². The number of benzene rings is 1. The molecule has 1 atom stereocenters. The Morgan fingerprint density at radius 3 is 2.86 bits per heavy atom. The summed E-state index contributed by atoms with van der Waals surface area (Å²) >= 11 is 0. The Balaban J connectivity index is 1.97. The summed E-state index contributed by atoms with van der Waals surface area (Å²) in [6.45, 7) is 2.45. The van der Waals surface area contributed by atoms with E-state index in [1.54, 1.807) is 14.2 Å². The Morgan fingerprint density at radius 2 is 2.19 bits per heavy atom. The molecule has 5 heteroatoms. The predicted molar refractivity (Wildman–Crippen MR) is 80.0 cm³/mol. The molecular weight excluding hydrogens is 270 g/mol. The van der Waals surface area contributed by atoms with Gasteiger partial charge in [0.05, 0.1) is 20.1 Å². The average Bonchev–Trinajstić information content (AvgIpc) is 2.52. The summed E-state index contributed by atoms with van der Waals surface area (Å²) in [7, 11) is 3.31. The smallest absolute Gasteiger partial charge is 0.307 e. The van der Waals surface area contributed by atoms with Crippen molar-refractivity contribution in [3.63, 3.8) is 0 Å². The lowest BCUT2D eigenvalue weighted by atomic mass is 9.98. The Morgan fingerprint density at radius 1 is 1.38 bits per heavy atom. The van der Waals surface area contributed by atoms with Crippen molar-refractivity contribution in [2.75, 3.05) is 33.9 Å². The minimum atomic E-state index is -0.682. The number of nitrogens with zero attached hydrogens (tertiary/aromatic N) is 1. The highest BCUT2D eigenvalue weighted by Crippen LogP contribution is 2.25. The first-order valence-corrected chi connectivity index (χ1v) is 7.30. The fourth-order valence-electron chi connectivity index (χ4n) is 2.82. The molecule has 0 radical (unpaired) electrons. The summed E-state index contributed by atoms with van der Waals surface area (Å²) in [4.78, 5) is 13.3. The number of carboxylic acid groups (broad SMARTS) is 1. The number of likely N-dealkylation sites (tertiary alicyclic amines) is 1. The van der Waals surface area contributed by atoms with Crippen LogP contribution >= 0.6 is 0 Å². The van der Waals surface area contributed by atoms with Crippen LogP contribution in [0, 0.1) is 5.92 Å². The standard InChI is InChI=1S/C16H23NO4/c1-20-14-5-6-15(21-2)12(10-14)7-9-17-8-3-4-13(11-17)16(18)19/h5-6,10,13H,3-4,7-9,11H2,1-2H3,(H,18,19). The van der Waals surface area contributed by atoms with Crippen LogP contribution in [0.3, 0.4) is 0 Å². The van der Waals surface area contributed by atoms with Gasteiger partial charge in [0, 0.05) is 13.1 Å². The SMILES string of the molecule is COc1ccc(OC)c(CCN2CCCC(C(=O)O)C2)c1. The van der Waals surface area contributed by atoms with Crippen molar-refractivity contribution in [1.82, 2.24) is 4.90 Å². The van der Waals surface area contributed by atoms with Gasteiger partial charge in [-0.3, -0.25) is 4.79 Å². The molecule has 1 aliphatic heterocycles. The highest BCUT2D eigenvalue weighted by atomic mass is 16.5. The van der Waals surface area contributed by atoms with Crippen molar-refractivity contribution in [1.29, 1.82) is 0 Å². The molecule has 0 spiro atoms. The molecule has 1 aromatic carbocycles.